The first kappa shape index (κ1) is 21.6. The van der Waals surface area contributed by atoms with E-state index in [-0.39, 0.29) is 6.61 Å². The van der Waals surface area contributed by atoms with Gasteiger partial charge in [-0.05, 0) is 37.1 Å². The molecule has 1 unspecified atom stereocenters. The second-order valence-corrected chi connectivity index (χ2v) is 8.32. The maximum Gasteiger partial charge on any atom is 0.338 e. The van der Waals surface area contributed by atoms with Crippen LogP contribution in [0.2, 0.25) is 0 Å². The summed E-state index contributed by atoms with van der Waals surface area (Å²) >= 11 is 0. The summed E-state index contributed by atoms with van der Waals surface area (Å²) in [5.74, 6) is -1.01. The van der Waals surface area contributed by atoms with Crippen LogP contribution >= 0.6 is 0 Å². The third-order valence-electron chi connectivity index (χ3n) is 4.34. The number of rotatable bonds is 7. The molecule has 0 bridgehead atoms. The Bertz CT molecular complexity index is 958. The van der Waals surface area contributed by atoms with Gasteiger partial charge in [-0.25, -0.2) is 13.2 Å². The van der Waals surface area contributed by atoms with Crippen molar-refractivity contribution in [1.82, 2.24) is 4.31 Å². The third-order valence-corrected chi connectivity index (χ3v) is 5.59. The molecule has 1 atom stereocenters. The Morgan fingerprint density at radius 2 is 1.75 bits per heavy atom. The number of likely N-dealkylation sites (N-methyl/N-ethyl adjacent to an activating group) is 1. The first-order valence-corrected chi connectivity index (χ1v) is 10.6. The number of carbonyl (C=O) groups excluding carboxylic acids is 2. The third kappa shape index (κ3) is 4.96. The fourth-order valence-corrected chi connectivity index (χ4v) is 3.36. The molecule has 7 nitrogen and oxygen atoms in total. The molecule has 0 aliphatic rings. The molecule has 28 heavy (non-hydrogen) atoms. The summed E-state index contributed by atoms with van der Waals surface area (Å²) in [5, 5.41) is 2.75. The molecule has 0 radical (unpaired) electrons. The topological polar surface area (TPSA) is 92.8 Å². The summed E-state index contributed by atoms with van der Waals surface area (Å²) < 4.78 is 30.2. The molecule has 0 spiro atoms. The summed E-state index contributed by atoms with van der Waals surface area (Å²) in [5.41, 5.74) is 1.83. The molecule has 0 fully saturated rings. The summed E-state index contributed by atoms with van der Waals surface area (Å²) in [4.78, 5) is 25.1. The highest BCUT2D eigenvalue weighted by molar-refractivity contribution is 7.88. The van der Waals surface area contributed by atoms with Crippen LogP contribution < -0.4 is 5.32 Å². The lowest BCUT2D eigenvalue weighted by atomic mass is 10.0. The van der Waals surface area contributed by atoms with Gasteiger partial charge in [0.15, 0.2) is 0 Å². The van der Waals surface area contributed by atoms with Gasteiger partial charge in [0.25, 0.3) is 0 Å². The number of esters is 1. The van der Waals surface area contributed by atoms with E-state index in [4.69, 9.17) is 4.74 Å². The van der Waals surface area contributed by atoms with Crippen molar-refractivity contribution in [3.63, 3.8) is 0 Å². The van der Waals surface area contributed by atoms with Gasteiger partial charge < -0.3 is 10.1 Å². The molecule has 0 aliphatic carbocycles. The molecule has 2 aromatic carbocycles. The van der Waals surface area contributed by atoms with E-state index in [0.717, 1.165) is 10.6 Å². The van der Waals surface area contributed by atoms with E-state index in [1.807, 2.05) is 0 Å². The van der Waals surface area contributed by atoms with Crippen molar-refractivity contribution < 1.29 is 22.7 Å². The van der Waals surface area contributed by atoms with Crippen molar-refractivity contribution in [1.29, 1.82) is 0 Å². The van der Waals surface area contributed by atoms with Gasteiger partial charge >= 0.3 is 5.97 Å². The number of hydrogen-bond acceptors (Lipinski definition) is 5. The van der Waals surface area contributed by atoms with Crippen molar-refractivity contribution in [3.05, 3.63) is 65.2 Å². The smallest absolute Gasteiger partial charge is 0.338 e. The van der Waals surface area contributed by atoms with Gasteiger partial charge in [-0.2, -0.15) is 4.31 Å². The van der Waals surface area contributed by atoms with Gasteiger partial charge in [0, 0.05) is 12.7 Å². The van der Waals surface area contributed by atoms with E-state index in [0.29, 0.717) is 22.4 Å². The van der Waals surface area contributed by atoms with Crippen LogP contribution in [0.1, 0.15) is 34.5 Å². The number of carbonyl (C=O) groups is 2. The molecule has 0 aliphatic heterocycles. The monoisotopic (exact) mass is 404 g/mol. The van der Waals surface area contributed by atoms with E-state index in [2.05, 4.69) is 5.32 Å². The van der Waals surface area contributed by atoms with E-state index in [9.17, 15) is 18.0 Å². The average Bonchev–Trinajstić information content (AvgIpc) is 2.64. The number of nitrogens with one attached hydrogen (secondary N) is 1. The molecular formula is C20H24N2O5S. The fourth-order valence-electron chi connectivity index (χ4n) is 2.76. The molecule has 2 rings (SSSR count). The number of hydrogen-bond donors (Lipinski definition) is 1. The average molecular weight is 404 g/mol. The second-order valence-electron chi connectivity index (χ2n) is 6.28. The summed E-state index contributed by atoms with van der Waals surface area (Å²) in [6, 6.07) is 12.5. The molecular weight excluding hydrogens is 380 g/mol. The SMILES string of the molecule is CCOC(=O)c1cccc(NC(=O)C(c2ccccc2)N(C)S(C)(=O)=O)c1C. The van der Waals surface area contributed by atoms with Crippen LogP contribution in [-0.2, 0) is 19.6 Å². The molecule has 2 aromatic rings. The predicted molar refractivity (Wildman–Crippen MR) is 108 cm³/mol. The van der Waals surface area contributed by atoms with Gasteiger partial charge in [-0.1, -0.05) is 36.4 Å². The summed E-state index contributed by atoms with van der Waals surface area (Å²) in [6.07, 6.45) is 1.04. The maximum atomic E-state index is 13.0. The standard InChI is InChI=1S/C20H24N2O5S/c1-5-27-20(24)16-12-9-13-17(14(16)2)21-19(23)18(22(3)28(4,25)26)15-10-7-6-8-11-15/h6-13,18H,5H2,1-4H3,(H,21,23). The number of nitrogens with zero attached hydrogens (tertiary/aromatic N) is 1. The Labute approximate surface area is 165 Å². The Kier molecular flexibility index (Phi) is 6.93. The molecule has 8 heteroatoms. The van der Waals surface area contributed by atoms with Gasteiger partial charge in [0.05, 0.1) is 18.4 Å². The van der Waals surface area contributed by atoms with Gasteiger partial charge in [0.1, 0.15) is 6.04 Å². The van der Waals surface area contributed by atoms with Crippen molar-refractivity contribution >= 4 is 27.6 Å². The Morgan fingerprint density at radius 3 is 2.32 bits per heavy atom. The van der Waals surface area contributed by atoms with Crippen LogP contribution in [0.25, 0.3) is 0 Å². The van der Waals surface area contributed by atoms with Crippen LogP contribution in [0, 0.1) is 6.92 Å². The zero-order valence-electron chi connectivity index (χ0n) is 16.3. The quantitative estimate of drug-likeness (QED) is 0.717. The highest BCUT2D eigenvalue weighted by Crippen LogP contribution is 2.26. The molecule has 0 saturated heterocycles. The van der Waals surface area contributed by atoms with Gasteiger partial charge in [-0.3, -0.25) is 4.79 Å². The van der Waals surface area contributed by atoms with Crippen LogP contribution in [0.15, 0.2) is 48.5 Å². The molecule has 1 N–H and O–H groups in total. The second kappa shape index (κ2) is 8.99. The number of sulfonamides is 1. The highest BCUT2D eigenvalue weighted by atomic mass is 32.2. The fraction of sp³-hybridized carbons (Fsp3) is 0.300. The number of benzene rings is 2. The molecule has 0 heterocycles. The van der Waals surface area contributed by atoms with Crippen molar-refractivity contribution in [2.75, 3.05) is 25.2 Å². The minimum Gasteiger partial charge on any atom is -0.462 e. The van der Waals surface area contributed by atoms with Gasteiger partial charge in [-0.15, -0.1) is 0 Å². The van der Waals surface area contributed by atoms with Crippen LogP contribution in [0.3, 0.4) is 0 Å². The molecule has 150 valence electrons. The van der Waals surface area contributed by atoms with Crippen molar-refractivity contribution in [2.45, 2.75) is 19.9 Å². The Hall–Kier alpha value is -2.71. The molecule has 1 amide bonds. The first-order valence-electron chi connectivity index (χ1n) is 8.72. The van der Waals surface area contributed by atoms with Crippen LogP contribution in [0.4, 0.5) is 5.69 Å². The van der Waals surface area contributed by atoms with E-state index in [1.165, 1.54) is 7.05 Å². The van der Waals surface area contributed by atoms with E-state index < -0.39 is 27.9 Å². The van der Waals surface area contributed by atoms with Crippen LogP contribution in [0.5, 0.6) is 0 Å². The lowest BCUT2D eigenvalue weighted by Crippen LogP contribution is -2.38. The normalized spacial score (nSPS) is 12.5. The van der Waals surface area contributed by atoms with Crippen molar-refractivity contribution in [3.8, 4) is 0 Å². The number of ether oxygens (including phenoxy) is 1. The number of anilines is 1. The Balaban J connectivity index is 2.39. The lowest BCUT2D eigenvalue weighted by molar-refractivity contribution is -0.119. The minimum absolute atomic E-state index is 0.240. The minimum atomic E-state index is -3.63. The van der Waals surface area contributed by atoms with E-state index >= 15 is 0 Å². The lowest BCUT2D eigenvalue weighted by Gasteiger charge is -2.26. The van der Waals surface area contributed by atoms with Crippen LogP contribution in [-0.4, -0.2) is 44.5 Å². The maximum absolute atomic E-state index is 13.0. The predicted octanol–water partition coefficient (Wildman–Crippen LogP) is 2.74. The van der Waals surface area contributed by atoms with Gasteiger partial charge in [0.2, 0.25) is 15.9 Å². The first-order chi connectivity index (χ1) is 13.2. The Morgan fingerprint density at radius 1 is 1.11 bits per heavy atom. The number of amides is 1. The zero-order chi connectivity index (χ0) is 20.9. The molecule has 0 saturated carbocycles. The highest BCUT2D eigenvalue weighted by Gasteiger charge is 2.31. The largest absolute Gasteiger partial charge is 0.462 e. The summed E-state index contributed by atoms with van der Waals surface area (Å²) in [6.45, 7) is 3.65. The van der Waals surface area contributed by atoms with Crippen molar-refractivity contribution in [2.24, 2.45) is 0 Å². The zero-order valence-corrected chi connectivity index (χ0v) is 17.1. The molecule has 0 aromatic heterocycles. The van der Waals surface area contributed by atoms with E-state index in [1.54, 1.807) is 62.4 Å². The summed E-state index contributed by atoms with van der Waals surface area (Å²) in [7, 11) is -2.27.